The van der Waals surface area contributed by atoms with Gasteiger partial charge in [0.15, 0.2) is 6.04 Å². The van der Waals surface area contributed by atoms with Crippen LogP contribution >= 0.6 is 11.6 Å². The molecule has 0 aromatic rings. The number of rotatable bonds is 1. The van der Waals surface area contributed by atoms with Crippen LogP contribution < -0.4 is 5.43 Å². The van der Waals surface area contributed by atoms with Gasteiger partial charge in [0, 0.05) is 0 Å². The Morgan fingerprint density at radius 2 is 2.29 bits per heavy atom. The maximum absolute atomic E-state index is 11.5. The quantitative estimate of drug-likeness (QED) is 0.675. The molecule has 0 amide bonds. The van der Waals surface area contributed by atoms with Crippen molar-refractivity contribution in [2.24, 2.45) is 5.10 Å². The van der Waals surface area contributed by atoms with Crippen molar-refractivity contribution < 1.29 is 9.53 Å². The predicted octanol–water partition coefficient (Wildman–Crippen LogP) is 1.41. The first-order chi connectivity index (χ1) is 6.38. The summed E-state index contributed by atoms with van der Waals surface area (Å²) < 4.78 is 5.15. The smallest absolute Gasteiger partial charge is 0.334 e. The number of nitrogens with zero attached hydrogens (tertiary/aromatic N) is 1. The molecule has 0 aliphatic carbocycles. The molecule has 4 nitrogen and oxygen atoms in total. The van der Waals surface area contributed by atoms with Crippen molar-refractivity contribution in [1.29, 1.82) is 0 Å². The van der Waals surface area contributed by atoms with E-state index in [4.69, 9.17) is 16.3 Å². The lowest BCUT2D eigenvalue weighted by atomic mass is 10.2. The Morgan fingerprint density at radius 3 is 2.71 bits per heavy atom. The number of carbonyl (C=O) groups excluding carboxylic acids is 1. The van der Waals surface area contributed by atoms with Gasteiger partial charge in [0.1, 0.15) is 10.8 Å². The lowest BCUT2D eigenvalue weighted by Gasteiger charge is -2.23. The fourth-order valence-electron chi connectivity index (χ4n) is 0.884. The van der Waals surface area contributed by atoms with Gasteiger partial charge >= 0.3 is 5.97 Å². The van der Waals surface area contributed by atoms with E-state index in [0.29, 0.717) is 5.17 Å². The summed E-state index contributed by atoms with van der Waals surface area (Å²) in [6.07, 6.45) is 3.18. The van der Waals surface area contributed by atoms with Crippen LogP contribution in [0.1, 0.15) is 20.8 Å². The van der Waals surface area contributed by atoms with E-state index in [1.807, 2.05) is 20.8 Å². The van der Waals surface area contributed by atoms with Gasteiger partial charge in [-0.25, -0.2) is 4.79 Å². The molecule has 1 atom stereocenters. The number of hydrogen-bond acceptors (Lipinski definition) is 4. The number of hydrogen-bond donors (Lipinski definition) is 1. The largest absolute Gasteiger partial charge is 0.458 e. The highest BCUT2D eigenvalue weighted by molar-refractivity contribution is 6.68. The molecule has 1 N–H and O–H groups in total. The van der Waals surface area contributed by atoms with Gasteiger partial charge in [0.2, 0.25) is 0 Å². The molecule has 0 radical (unpaired) electrons. The van der Waals surface area contributed by atoms with E-state index < -0.39 is 11.6 Å². The average Bonchev–Trinajstić information content (AvgIpc) is 2.02. The fraction of sp³-hybridized carbons (Fsp3) is 0.556. The molecule has 1 aliphatic rings. The van der Waals surface area contributed by atoms with E-state index in [2.05, 4.69) is 10.5 Å². The summed E-state index contributed by atoms with van der Waals surface area (Å²) in [5.74, 6) is -0.360. The number of nitrogens with one attached hydrogen (secondary N) is 1. The Labute approximate surface area is 88.0 Å². The number of ether oxygens (including phenoxy) is 1. The van der Waals surface area contributed by atoms with Gasteiger partial charge in [0.25, 0.3) is 0 Å². The molecule has 14 heavy (non-hydrogen) atoms. The Morgan fingerprint density at radius 1 is 1.64 bits per heavy atom. The van der Waals surface area contributed by atoms with E-state index in [0.717, 1.165) is 0 Å². The lowest BCUT2D eigenvalue weighted by molar-refractivity contribution is -0.156. The molecule has 0 spiro atoms. The van der Waals surface area contributed by atoms with Crippen molar-refractivity contribution in [2.45, 2.75) is 32.4 Å². The first-order valence-corrected chi connectivity index (χ1v) is 4.66. The van der Waals surface area contributed by atoms with Gasteiger partial charge in [0.05, 0.1) is 0 Å². The molecule has 1 unspecified atom stereocenters. The summed E-state index contributed by atoms with van der Waals surface area (Å²) in [7, 11) is 0. The van der Waals surface area contributed by atoms with Crippen molar-refractivity contribution in [3.8, 4) is 0 Å². The minimum Gasteiger partial charge on any atom is -0.458 e. The predicted molar refractivity (Wildman–Crippen MR) is 55.2 cm³/mol. The molecule has 0 saturated heterocycles. The zero-order valence-corrected chi connectivity index (χ0v) is 9.13. The highest BCUT2D eigenvalue weighted by Crippen LogP contribution is 2.10. The zero-order chi connectivity index (χ0) is 10.8. The van der Waals surface area contributed by atoms with Crippen LogP contribution in [0.4, 0.5) is 0 Å². The Kier molecular flexibility index (Phi) is 3.16. The molecule has 1 heterocycles. The van der Waals surface area contributed by atoms with E-state index in [9.17, 15) is 4.79 Å². The Bertz CT molecular complexity index is 292. The molecule has 0 aromatic carbocycles. The summed E-state index contributed by atoms with van der Waals surface area (Å²) in [5, 5.41) is 4.03. The number of allylic oxidation sites excluding steroid dienone is 1. The standard InChI is InChI=1S/C9H13ClN2O2/c1-9(2,3)14-8(13)6-4-5-7(10)12-11-6/h4-6,11H,1-3H3. The lowest BCUT2D eigenvalue weighted by Crippen LogP contribution is -2.39. The topological polar surface area (TPSA) is 50.7 Å². The van der Waals surface area contributed by atoms with Gasteiger partial charge < -0.3 is 4.74 Å². The molecule has 1 rings (SSSR count). The minimum atomic E-state index is -0.545. The van der Waals surface area contributed by atoms with Gasteiger partial charge in [-0.3, -0.25) is 5.43 Å². The maximum atomic E-state index is 11.5. The summed E-state index contributed by atoms with van der Waals surface area (Å²) in [6, 6.07) is -0.545. The molecular weight excluding hydrogens is 204 g/mol. The molecule has 0 aromatic heterocycles. The second kappa shape index (κ2) is 4.00. The third-order valence-corrected chi connectivity index (χ3v) is 1.61. The van der Waals surface area contributed by atoms with E-state index in [1.54, 1.807) is 12.2 Å². The SMILES string of the molecule is CC(C)(C)OC(=O)C1C=CC(Cl)=NN1. The van der Waals surface area contributed by atoms with Crippen molar-refractivity contribution >= 4 is 22.7 Å². The monoisotopic (exact) mass is 216 g/mol. The van der Waals surface area contributed by atoms with Crippen LogP contribution in [0.15, 0.2) is 17.3 Å². The first kappa shape index (κ1) is 11.0. The van der Waals surface area contributed by atoms with Crippen LogP contribution in [0.5, 0.6) is 0 Å². The third kappa shape index (κ3) is 3.38. The van der Waals surface area contributed by atoms with Crippen LogP contribution in [-0.2, 0) is 9.53 Å². The first-order valence-electron chi connectivity index (χ1n) is 4.28. The van der Waals surface area contributed by atoms with E-state index >= 15 is 0 Å². The number of carbonyl (C=O) groups is 1. The highest BCUT2D eigenvalue weighted by atomic mass is 35.5. The summed E-state index contributed by atoms with van der Waals surface area (Å²) in [4.78, 5) is 11.5. The highest BCUT2D eigenvalue weighted by Gasteiger charge is 2.24. The van der Waals surface area contributed by atoms with Gasteiger partial charge in [-0.1, -0.05) is 11.6 Å². The zero-order valence-electron chi connectivity index (χ0n) is 8.37. The van der Waals surface area contributed by atoms with E-state index in [-0.39, 0.29) is 5.97 Å². The molecule has 78 valence electrons. The van der Waals surface area contributed by atoms with E-state index in [1.165, 1.54) is 0 Å². The molecule has 5 heteroatoms. The van der Waals surface area contributed by atoms with Crippen molar-refractivity contribution in [3.63, 3.8) is 0 Å². The maximum Gasteiger partial charge on any atom is 0.334 e. The van der Waals surface area contributed by atoms with Crippen molar-refractivity contribution in [3.05, 3.63) is 12.2 Å². The van der Waals surface area contributed by atoms with Crippen molar-refractivity contribution in [2.75, 3.05) is 0 Å². The second-order valence-corrected chi connectivity index (χ2v) is 4.32. The fourth-order valence-corrected chi connectivity index (χ4v) is 1.01. The Hall–Kier alpha value is -1.03. The summed E-state index contributed by atoms with van der Waals surface area (Å²) in [5.41, 5.74) is 2.10. The average molecular weight is 217 g/mol. The molecule has 1 aliphatic heterocycles. The number of esters is 1. The van der Waals surface area contributed by atoms with Gasteiger partial charge in [-0.05, 0) is 32.9 Å². The van der Waals surface area contributed by atoms with Crippen LogP contribution in [0.25, 0.3) is 0 Å². The molecule has 0 fully saturated rings. The van der Waals surface area contributed by atoms with Crippen molar-refractivity contribution in [1.82, 2.24) is 5.43 Å². The summed E-state index contributed by atoms with van der Waals surface area (Å²) in [6.45, 7) is 5.44. The van der Waals surface area contributed by atoms with Gasteiger partial charge in [-0.15, -0.1) is 0 Å². The van der Waals surface area contributed by atoms with Crippen LogP contribution in [0, 0.1) is 0 Å². The number of halogens is 1. The van der Waals surface area contributed by atoms with Gasteiger partial charge in [-0.2, -0.15) is 5.10 Å². The normalized spacial score (nSPS) is 21.1. The van der Waals surface area contributed by atoms with Crippen LogP contribution in [0.3, 0.4) is 0 Å². The molecule has 0 bridgehead atoms. The third-order valence-electron chi connectivity index (χ3n) is 1.40. The Balaban J connectivity index is 2.53. The second-order valence-electron chi connectivity index (χ2n) is 3.93. The van der Waals surface area contributed by atoms with Crippen LogP contribution in [-0.4, -0.2) is 22.8 Å². The minimum absolute atomic E-state index is 0.324. The summed E-state index contributed by atoms with van der Waals surface area (Å²) >= 11 is 5.57. The number of hydrazone groups is 1. The molecule has 0 saturated carbocycles. The molecular formula is C9H13ClN2O2. The van der Waals surface area contributed by atoms with Crippen LogP contribution in [0.2, 0.25) is 0 Å².